The Labute approximate surface area is 210 Å². The maximum atomic E-state index is 12.7. The van der Waals surface area contributed by atoms with Crippen molar-refractivity contribution in [3.63, 3.8) is 0 Å². The number of carbonyl (C=O) groups excluding carboxylic acids is 1. The van der Waals surface area contributed by atoms with E-state index in [1.54, 1.807) is 19.1 Å². The van der Waals surface area contributed by atoms with E-state index in [1.165, 1.54) is 17.3 Å². The summed E-state index contributed by atoms with van der Waals surface area (Å²) in [6.07, 6.45) is -1.25. The van der Waals surface area contributed by atoms with E-state index in [0.29, 0.717) is 18.7 Å². The minimum absolute atomic E-state index is 0.0374. The highest BCUT2D eigenvalue weighted by Gasteiger charge is 2.32. The number of rotatable bonds is 7. The molecule has 0 radical (unpaired) electrons. The number of amides is 1. The van der Waals surface area contributed by atoms with Crippen LogP contribution in [0.25, 0.3) is 0 Å². The maximum Gasteiger partial charge on any atom is 0.573 e. The fourth-order valence-electron chi connectivity index (χ4n) is 4.84. The van der Waals surface area contributed by atoms with Crippen LogP contribution in [0.2, 0.25) is 0 Å². The predicted octanol–water partition coefficient (Wildman–Crippen LogP) is 5.29. The van der Waals surface area contributed by atoms with Crippen LogP contribution in [0.5, 0.6) is 5.75 Å². The number of ether oxygens (including phenoxy) is 2. The number of aryl methyl sites for hydroxylation is 2. The monoisotopic (exact) mass is 505 g/mol. The molecule has 2 fully saturated rings. The Morgan fingerprint density at radius 1 is 0.972 bits per heavy atom. The third-order valence-corrected chi connectivity index (χ3v) is 6.92. The minimum Gasteiger partial charge on any atom is -0.406 e. The fraction of sp³-hybridized carbons (Fsp3) is 0.519. The van der Waals surface area contributed by atoms with Gasteiger partial charge in [-0.3, -0.25) is 4.79 Å². The van der Waals surface area contributed by atoms with E-state index in [-0.39, 0.29) is 30.4 Å². The second kappa shape index (κ2) is 11.4. The summed E-state index contributed by atoms with van der Waals surface area (Å²) in [7, 11) is 0. The standard InChI is InChI=1S/C27H34F3N3O3/c1-19-3-8-23(9-4-19)32-13-15-33(16-14-32)26(34)18-35-24-10-5-21(6-11-24)31-22-7-12-25(20(2)17-22)36-27(28,29)30/h3-4,7-9,12,17,21,24,31H,5-6,10-11,13-16,18H2,1-2H3. The Bertz CT molecular complexity index is 1010. The van der Waals surface area contributed by atoms with Gasteiger partial charge in [-0.05, 0) is 75.4 Å². The summed E-state index contributed by atoms with van der Waals surface area (Å²) in [5.74, 6) is -0.151. The Hall–Kier alpha value is -2.94. The molecule has 2 aromatic rings. The van der Waals surface area contributed by atoms with Gasteiger partial charge in [0.05, 0.1) is 6.10 Å². The highest BCUT2D eigenvalue weighted by Crippen LogP contribution is 2.30. The third-order valence-electron chi connectivity index (χ3n) is 6.92. The lowest BCUT2D eigenvalue weighted by Crippen LogP contribution is -2.50. The first-order valence-corrected chi connectivity index (χ1v) is 12.5. The largest absolute Gasteiger partial charge is 0.573 e. The van der Waals surface area contributed by atoms with Crippen LogP contribution >= 0.6 is 0 Å². The van der Waals surface area contributed by atoms with Crippen molar-refractivity contribution >= 4 is 17.3 Å². The average Bonchev–Trinajstić information content (AvgIpc) is 2.85. The molecule has 0 atom stereocenters. The molecule has 1 amide bonds. The van der Waals surface area contributed by atoms with Crippen molar-refractivity contribution in [2.45, 2.75) is 58.0 Å². The van der Waals surface area contributed by atoms with Crippen LogP contribution in [0.15, 0.2) is 42.5 Å². The van der Waals surface area contributed by atoms with Gasteiger partial charge in [-0.15, -0.1) is 13.2 Å². The number of nitrogens with zero attached hydrogens (tertiary/aromatic N) is 2. The topological polar surface area (TPSA) is 54.0 Å². The van der Waals surface area contributed by atoms with E-state index in [0.717, 1.165) is 44.5 Å². The average molecular weight is 506 g/mol. The van der Waals surface area contributed by atoms with E-state index < -0.39 is 6.36 Å². The molecule has 0 bridgehead atoms. The zero-order chi connectivity index (χ0) is 25.7. The van der Waals surface area contributed by atoms with Gasteiger partial charge in [-0.25, -0.2) is 0 Å². The second-order valence-corrected chi connectivity index (χ2v) is 9.66. The maximum absolute atomic E-state index is 12.7. The Morgan fingerprint density at radius 2 is 1.64 bits per heavy atom. The molecule has 36 heavy (non-hydrogen) atoms. The molecule has 0 unspecified atom stereocenters. The van der Waals surface area contributed by atoms with Crippen molar-refractivity contribution in [3.05, 3.63) is 53.6 Å². The number of piperazine rings is 1. The smallest absolute Gasteiger partial charge is 0.406 e. The molecule has 4 rings (SSSR count). The molecule has 2 aliphatic rings. The molecule has 1 aliphatic heterocycles. The van der Waals surface area contributed by atoms with Gasteiger partial charge in [-0.1, -0.05) is 17.7 Å². The van der Waals surface area contributed by atoms with Gasteiger partial charge in [0, 0.05) is 43.6 Å². The molecule has 6 nitrogen and oxygen atoms in total. The van der Waals surface area contributed by atoms with Gasteiger partial charge in [0.25, 0.3) is 0 Å². The highest BCUT2D eigenvalue weighted by atomic mass is 19.4. The van der Waals surface area contributed by atoms with Crippen LogP contribution in [0.3, 0.4) is 0 Å². The van der Waals surface area contributed by atoms with E-state index in [4.69, 9.17) is 4.74 Å². The molecule has 1 N–H and O–H groups in total. The van der Waals surface area contributed by atoms with Crippen LogP contribution in [-0.4, -0.2) is 62.1 Å². The van der Waals surface area contributed by atoms with Gasteiger partial charge in [0.2, 0.25) is 5.91 Å². The lowest BCUT2D eigenvalue weighted by atomic mass is 9.92. The number of benzene rings is 2. The zero-order valence-electron chi connectivity index (χ0n) is 20.8. The quantitative estimate of drug-likeness (QED) is 0.554. The second-order valence-electron chi connectivity index (χ2n) is 9.66. The lowest BCUT2D eigenvalue weighted by Gasteiger charge is -2.36. The number of alkyl halides is 3. The van der Waals surface area contributed by atoms with Crippen LogP contribution < -0.4 is 15.0 Å². The Morgan fingerprint density at radius 3 is 2.25 bits per heavy atom. The first-order valence-electron chi connectivity index (χ1n) is 12.5. The predicted molar refractivity (Wildman–Crippen MR) is 133 cm³/mol. The highest BCUT2D eigenvalue weighted by molar-refractivity contribution is 5.77. The summed E-state index contributed by atoms with van der Waals surface area (Å²) in [5, 5.41) is 3.40. The summed E-state index contributed by atoms with van der Waals surface area (Å²) in [4.78, 5) is 16.9. The number of nitrogens with one attached hydrogen (secondary N) is 1. The summed E-state index contributed by atoms with van der Waals surface area (Å²) in [6.45, 7) is 6.78. The fourth-order valence-corrected chi connectivity index (χ4v) is 4.84. The van der Waals surface area contributed by atoms with E-state index >= 15 is 0 Å². The molecular formula is C27H34F3N3O3. The molecule has 1 saturated heterocycles. The lowest BCUT2D eigenvalue weighted by molar-refractivity contribution is -0.274. The van der Waals surface area contributed by atoms with Gasteiger partial charge >= 0.3 is 6.36 Å². The van der Waals surface area contributed by atoms with Crippen LogP contribution in [0, 0.1) is 13.8 Å². The summed E-state index contributed by atoms with van der Waals surface area (Å²) >= 11 is 0. The molecule has 2 aromatic carbocycles. The number of hydrogen-bond acceptors (Lipinski definition) is 5. The molecule has 0 aromatic heterocycles. The zero-order valence-corrected chi connectivity index (χ0v) is 20.8. The minimum atomic E-state index is -4.70. The number of carbonyl (C=O) groups is 1. The van der Waals surface area contributed by atoms with Gasteiger partial charge in [0.1, 0.15) is 12.4 Å². The van der Waals surface area contributed by atoms with Crippen molar-refractivity contribution < 1.29 is 27.4 Å². The van der Waals surface area contributed by atoms with Crippen LogP contribution in [0.4, 0.5) is 24.5 Å². The van der Waals surface area contributed by atoms with Crippen molar-refractivity contribution in [3.8, 4) is 5.75 Å². The SMILES string of the molecule is Cc1ccc(N2CCN(C(=O)COC3CCC(Nc4ccc(OC(F)(F)F)c(C)c4)CC3)CC2)cc1. The number of hydrogen-bond donors (Lipinski definition) is 1. The van der Waals surface area contributed by atoms with Crippen LogP contribution in [-0.2, 0) is 9.53 Å². The van der Waals surface area contributed by atoms with Gasteiger partial charge < -0.3 is 24.6 Å². The third kappa shape index (κ3) is 7.29. The van der Waals surface area contributed by atoms with Crippen molar-refractivity contribution in [2.24, 2.45) is 0 Å². The van der Waals surface area contributed by atoms with Crippen molar-refractivity contribution in [1.29, 1.82) is 0 Å². The normalized spacial score (nSPS) is 20.8. The molecular weight excluding hydrogens is 471 g/mol. The van der Waals surface area contributed by atoms with E-state index in [1.807, 2.05) is 4.90 Å². The molecule has 1 heterocycles. The summed E-state index contributed by atoms with van der Waals surface area (Å²) < 4.78 is 47.4. The molecule has 0 spiro atoms. The Balaban J connectivity index is 1.15. The van der Waals surface area contributed by atoms with E-state index in [2.05, 4.69) is 46.1 Å². The first kappa shape index (κ1) is 26.1. The molecule has 9 heteroatoms. The molecule has 196 valence electrons. The number of anilines is 2. The van der Waals surface area contributed by atoms with Crippen molar-refractivity contribution in [2.75, 3.05) is 43.0 Å². The van der Waals surface area contributed by atoms with Crippen LogP contribution in [0.1, 0.15) is 36.8 Å². The van der Waals surface area contributed by atoms with Gasteiger partial charge in [0.15, 0.2) is 0 Å². The van der Waals surface area contributed by atoms with E-state index in [9.17, 15) is 18.0 Å². The molecule has 1 saturated carbocycles. The number of halogens is 3. The molecule has 1 aliphatic carbocycles. The first-order chi connectivity index (χ1) is 17.2. The van der Waals surface area contributed by atoms with Crippen molar-refractivity contribution in [1.82, 2.24) is 4.90 Å². The van der Waals surface area contributed by atoms with Gasteiger partial charge in [-0.2, -0.15) is 0 Å². The summed E-state index contributed by atoms with van der Waals surface area (Å²) in [5.41, 5.74) is 3.62. The Kier molecular flexibility index (Phi) is 8.28. The summed E-state index contributed by atoms with van der Waals surface area (Å²) in [6, 6.07) is 13.3.